The maximum Gasteiger partial charge on any atom is 0.226 e. The molecule has 5 nitrogen and oxygen atoms in total. The van der Waals surface area contributed by atoms with E-state index in [1.165, 1.54) is 4.88 Å². The van der Waals surface area contributed by atoms with Crippen LogP contribution in [-0.2, 0) is 0 Å². The zero-order valence-corrected chi connectivity index (χ0v) is 13.6. The molecule has 0 aliphatic carbocycles. The van der Waals surface area contributed by atoms with Crippen molar-refractivity contribution < 1.29 is 5.11 Å². The number of thiophene rings is 1. The first-order valence-corrected chi connectivity index (χ1v) is 8.35. The van der Waals surface area contributed by atoms with Crippen LogP contribution in [0.1, 0.15) is 25.1 Å². The van der Waals surface area contributed by atoms with Crippen LogP contribution >= 0.6 is 11.3 Å². The quantitative estimate of drug-likeness (QED) is 0.909. The predicted molar refractivity (Wildman–Crippen MR) is 88.3 cm³/mol. The third-order valence-corrected chi connectivity index (χ3v) is 5.12. The average Bonchev–Trinajstić information content (AvgIpc) is 3.00. The van der Waals surface area contributed by atoms with Crippen LogP contribution in [0.15, 0.2) is 6.07 Å². The zero-order chi connectivity index (χ0) is 15.0. The van der Waals surface area contributed by atoms with Crippen molar-refractivity contribution in [3.8, 4) is 0 Å². The van der Waals surface area contributed by atoms with E-state index >= 15 is 0 Å². The average molecular weight is 306 g/mol. The maximum absolute atomic E-state index is 9.72. The van der Waals surface area contributed by atoms with Crippen LogP contribution in [0.4, 0.5) is 11.8 Å². The first kappa shape index (κ1) is 14.5. The van der Waals surface area contributed by atoms with Gasteiger partial charge < -0.3 is 15.3 Å². The number of anilines is 2. The number of rotatable bonds is 4. The number of aliphatic hydroxyl groups is 1. The first-order valence-electron chi connectivity index (χ1n) is 7.53. The topological polar surface area (TPSA) is 61.3 Å². The van der Waals surface area contributed by atoms with Gasteiger partial charge in [0.1, 0.15) is 10.6 Å². The van der Waals surface area contributed by atoms with Crippen molar-refractivity contribution in [2.45, 2.75) is 33.2 Å². The molecule has 2 aromatic rings. The molecule has 2 unspecified atom stereocenters. The van der Waals surface area contributed by atoms with E-state index in [9.17, 15) is 5.11 Å². The lowest BCUT2D eigenvalue weighted by Crippen LogP contribution is -2.36. The summed E-state index contributed by atoms with van der Waals surface area (Å²) >= 11 is 1.69. The Kier molecular flexibility index (Phi) is 3.99. The number of hydrogen-bond acceptors (Lipinski definition) is 6. The molecule has 0 saturated carbocycles. The molecule has 0 aromatic carbocycles. The van der Waals surface area contributed by atoms with E-state index in [1.54, 1.807) is 11.3 Å². The van der Waals surface area contributed by atoms with Gasteiger partial charge in [-0.25, -0.2) is 4.98 Å². The zero-order valence-electron chi connectivity index (χ0n) is 12.8. The summed E-state index contributed by atoms with van der Waals surface area (Å²) in [4.78, 5) is 13.8. The molecular weight excluding hydrogens is 284 g/mol. The standard InChI is InChI=1S/C15H22N4OS/c1-4-16-15-17-13(11-7-10(3)21-14(11)18-15)19-6-5-9(2)12(19)8-20/h7,9,12,20H,4-6,8H2,1-3H3,(H,16,17,18). The van der Waals surface area contributed by atoms with Crippen molar-refractivity contribution >= 4 is 33.3 Å². The SMILES string of the molecule is CCNc1nc(N2CCC(C)C2CO)c2cc(C)sc2n1. The highest BCUT2D eigenvalue weighted by Gasteiger charge is 2.33. The van der Waals surface area contributed by atoms with Crippen molar-refractivity contribution in [2.24, 2.45) is 5.92 Å². The number of fused-ring (bicyclic) bond motifs is 1. The van der Waals surface area contributed by atoms with Gasteiger partial charge in [0.05, 0.1) is 18.0 Å². The monoisotopic (exact) mass is 306 g/mol. The van der Waals surface area contributed by atoms with Crippen LogP contribution in [-0.4, -0.2) is 40.8 Å². The molecular formula is C15H22N4OS. The van der Waals surface area contributed by atoms with Crippen molar-refractivity contribution in [3.63, 3.8) is 0 Å². The Labute approximate surface area is 129 Å². The van der Waals surface area contributed by atoms with Gasteiger partial charge >= 0.3 is 0 Å². The lowest BCUT2D eigenvalue weighted by atomic mass is 10.0. The lowest BCUT2D eigenvalue weighted by Gasteiger charge is -2.27. The van der Waals surface area contributed by atoms with Gasteiger partial charge in [-0.2, -0.15) is 4.98 Å². The van der Waals surface area contributed by atoms with Crippen LogP contribution in [0.25, 0.3) is 10.2 Å². The molecule has 6 heteroatoms. The lowest BCUT2D eigenvalue weighted by molar-refractivity contribution is 0.244. The molecule has 1 aliphatic rings. The third kappa shape index (κ3) is 2.58. The summed E-state index contributed by atoms with van der Waals surface area (Å²) in [5, 5.41) is 14.0. The van der Waals surface area contributed by atoms with Crippen LogP contribution in [0.5, 0.6) is 0 Å². The molecule has 1 saturated heterocycles. The van der Waals surface area contributed by atoms with Gasteiger partial charge in [0, 0.05) is 18.0 Å². The summed E-state index contributed by atoms with van der Waals surface area (Å²) in [6.45, 7) is 8.25. The first-order chi connectivity index (χ1) is 10.1. The van der Waals surface area contributed by atoms with Gasteiger partial charge in [0.25, 0.3) is 0 Å². The van der Waals surface area contributed by atoms with Gasteiger partial charge in [-0.1, -0.05) is 6.92 Å². The van der Waals surface area contributed by atoms with E-state index in [-0.39, 0.29) is 12.6 Å². The molecule has 0 radical (unpaired) electrons. The van der Waals surface area contributed by atoms with Gasteiger partial charge in [-0.3, -0.25) is 0 Å². The summed E-state index contributed by atoms with van der Waals surface area (Å²) < 4.78 is 0. The van der Waals surface area contributed by atoms with Crippen LogP contribution in [0.2, 0.25) is 0 Å². The maximum atomic E-state index is 9.72. The minimum absolute atomic E-state index is 0.151. The second kappa shape index (κ2) is 5.77. The Bertz CT molecular complexity index is 642. The van der Waals surface area contributed by atoms with E-state index in [0.29, 0.717) is 11.9 Å². The number of hydrogen-bond donors (Lipinski definition) is 2. The number of aliphatic hydroxyl groups excluding tert-OH is 1. The fourth-order valence-electron chi connectivity index (χ4n) is 3.03. The van der Waals surface area contributed by atoms with E-state index < -0.39 is 0 Å². The molecule has 0 bridgehead atoms. The highest BCUT2D eigenvalue weighted by molar-refractivity contribution is 7.18. The van der Waals surface area contributed by atoms with Crippen molar-refractivity contribution in [3.05, 3.63) is 10.9 Å². The smallest absolute Gasteiger partial charge is 0.226 e. The van der Waals surface area contributed by atoms with E-state index in [2.05, 4.69) is 35.1 Å². The summed E-state index contributed by atoms with van der Waals surface area (Å²) in [5.74, 6) is 2.13. The second-order valence-electron chi connectivity index (χ2n) is 5.69. The summed E-state index contributed by atoms with van der Waals surface area (Å²) in [5.41, 5.74) is 0. The number of aromatic nitrogens is 2. The molecule has 2 N–H and O–H groups in total. The molecule has 114 valence electrons. The Hall–Kier alpha value is -1.40. The molecule has 2 atom stereocenters. The summed E-state index contributed by atoms with van der Waals surface area (Å²) in [6.07, 6.45) is 1.09. The fraction of sp³-hybridized carbons (Fsp3) is 0.600. The van der Waals surface area contributed by atoms with Crippen LogP contribution in [0, 0.1) is 12.8 Å². The molecule has 0 amide bonds. The minimum Gasteiger partial charge on any atom is -0.394 e. The number of nitrogens with zero attached hydrogens (tertiary/aromatic N) is 3. The summed E-state index contributed by atoms with van der Waals surface area (Å²) in [7, 11) is 0. The highest BCUT2D eigenvalue weighted by Crippen LogP contribution is 2.36. The Morgan fingerprint density at radius 1 is 1.48 bits per heavy atom. The minimum atomic E-state index is 0.151. The Balaban J connectivity index is 2.11. The Morgan fingerprint density at radius 2 is 2.29 bits per heavy atom. The molecule has 3 heterocycles. The van der Waals surface area contributed by atoms with Crippen molar-refractivity contribution in [2.75, 3.05) is 29.9 Å². The van der Waals surface area contributed by atoms with Gasteiger partial charge in [-0.05, 0) is 32.3 Å². The highest BCUT2D eigenvalue weighted by atomic mass is 32.1. The van der Waals surface area contributed by atoms with E-state index in [1.807, 2.05) is 6.92 Å². The number of nitrogens with one attached hydrogen (secondary N) is 1. The Morgan fingerprint density at radius 3 is 3.00 bits per heavy atom. The van der Waals surface area contributed by atoms with Gasteiger partial charge in [0.15, 0.2) is 0 Å². The van der Waals surface area contributed by atoms with Gasteiger partial charge in [-0.15, -0.1) is 11.3 Å². The van der Waals surface area contributed by atoms with Crippen molar-refractivity contribution in [1.29, 1.82) is 0 Å². The van der Waals surface area contributed by atoms with Crippen LogP contribution in [0.3, 0.4) is 0 Å². The van der Waals surface area contributed by atoms with Gasteiger partial charge in [0.2, 0.25) is 5.95 Å². The van der Waals surface area contributed by atoms with E-state index in [4.69, 9.17) is 4.98 Å². The molecule has 0 spiro atoms. The molecule has 1 aliphatic heterocycles. The largest absolute Gasteiger partial charge is 0.394 e. The third-order valence-electron chi connectivity index (χ3n) is 4.17. The molecule has 2 aromatic heterocycles. The van der Waals surface area contributed by atoms with E-state index in [0.717, 1.165) is 35.5 Å². The summed E-state index contributed by atoms with van der Waals surface area (Å²) in [6, 6.07) is 2.31. The fourth-order valence-corrected chi connectivity index (χ4v) is 3.91. The second-order valence-corrected chi connectivity index (χ2v) is 6.92. The number of aryl methyl sites for hydroxylation is 1. The normalized spacial score (nSPS) is 22.2. The predicted octanol–water partition coefficient (Wildman–Crippen LogP) is 2.64. The van der Waals surface area contributed by atoms with Crippen molar-refractivity contribution in [1.82, 2.24) is 9.97 Å². The molecule has 3 rings (SSSR count). The van der Waals surface area contributed by atoms with Crippen LogP contribution < -0.4 is 10.2 Å². The molecule has 21 heavy (non-hydrogen) atoms. The molecule has 1 fully saturated rings.